The summed E-state index contributed by atoms with van der Waals surface area (Å²) >= 11 is 5.82. The van der Waals surface area contributed by atoms with Crippen molar-refractivity contribution < 1.29 is 0 Å². The Morgan fingerprint density at radius 1 is 0.882 bits per heavy atom. The van der Waals surface area contributed by atoms with E-state index in [0.29, 0.717) is 28.2 Å². The molecule has 8 heteroatoms. The van der Waals surface area contributed by atoms with Crippen molar-refractivity contribution in [3.63, 3.8) is 0 Å². The zero-order chi connectivity index (χ0) is 23.5. The fraction of sp³-hybridized carbons (Fsp3) is 0.308. The van der Waals surface area contributed by atoms with Gasteiger partial charge in [-0.15, -0.1) is 0 Å². The van der Waals surface area contributed by atoms with Crippen molar-refractivity contribution in [3.05, 3.63) is 87.8 Å². The lowest BCUT2D eigenvalue weighted by Crippen LogP contribution is -2.46. The van der Waals surface area contributed by atoms with Crippen molar-refractivity contribution in [3.8, 4) is 5.69 Å². The van der Waals surface area contributed by atoms with Gasteiger partial charge in [-0.2, -0.15) is 0 Å². The van der Waals surface area contributed by atoms with Crippen molar-refractivity contribution in [2.24, 2.45) is 0 Å². The molecule has 7 nitrogen and oxygen atoms in total. The first-order valence-electron chi connectivity index (χ1n) is 11.7. The molecule has 1 fully saturated rings. The third-order valence-corrected chi connectivity index (χ3v) is 6.77. The van der Waals surface area contributed by atoms with E-state index >= 15 is 0 Å². The van der Waals surface area contributed by atoms with Crippen LogP contribution < -0.4 is 10.5 Å². The van der Waals surface area contributed by atoms with Gasteiger partial charge in [0.1, 0.15) is 11.2 Å². The Morgan fingerprint density at radius 3 is 2.21 bits per heavy atom. The fourth-order valence-corrected chi connectivity index (χ4v) is 4.92. The van der Waals surface area contributed by atoms with E-state index in [9.17, 15) is 4.79 Å². The number of rotatable bonds is 6. The van der Waals surface area contributed by atoms with E-state index < -0.39 is 0 Å². The van der Waals surface area contributed by atoms with Crippen LogP contribution in [-0.2, 0) is 6.54 Å². The highest BCUT2D eigenvalue weighted by molar-refractivity contribution is 7.71. The lowest BCUT2D eigenvalue weighted by atomic mass is 10.2. The van der Waals surface area contributed by atoms with Gasteiger partial charge in [-0.3, -0.25) is 18.8 Å². The molecular weight excluding hydrogens is 444 g/mol. The van der Waals surface area contributed by atoms with Crippen LogP contribution in [0.4, 0.5) is 5.69 Å². The molecule has 1 aliphatic rings. The van der Waals surface area contributed by atoms with Crippen LogP contribution in [0.2, 0.25) is 0 Å². The predicted octanol–water partition coefficient (Wildman–Crippen LogP) is 3.83. The van der Waals surface area contributed by atoms with Crippen LogP contribution in [0.1, 0.15) is 12.2 Å². The van der Waals surface area contributed by atoms with E-state index in [1.54, 1.807) is 10.8 Å². The molecule has 0 unspecified atom stereocenters. The molecule has 3 heterocycles. The van der Waals surface area contributed by atoms with Crippen molar-refractivity contribution >= 4 is 28.9 Å². The molecule has 34 heavy (non-hydrogen) atoms. The lowest BCUT2D eigenvalue weighted by molar-refractivity contribution is 0.250. The Bertz CT molecular complexity index is 1390. The number of hydrogen-bond acceptors (Lipinski definition) is 6. The van der Waals surface area contributed by atoms with E-state index in [4.69, 9.17) is 12.2 Å². The molecule has 0 amide bonds. The van der Waals surface area contributed by atoms with Crippen molar-refractivity contribution in [2.45, 2.75) is 19.9 Å². The summed E-state index contributed by atoms with van der Waals surface area (Å²) in [6.07, 6.45) is 2.47. The summed E-state index contributed by atoms with van der Waals surface area (Å²) in [6.45, 7) is 7.36. The zero-order valence-corrected chi connectivity index (χ0v) is 20.1. The largest absolute Gasteiger partial charge is 0.369 e. The maximum Gasteiger partial charge on any atom is 0.265 e. The van der Waals surface area contributed by atoms with Crippen LogP contribution in [0, 0.1) is 11.7 Å². The van der Waals surface area contributed by atoms with E-state index in [1.807, 2.05) is 41.8 Å². The van der Waals surface area contributed by atoms with Gasteiger partial charge in [0.15, 0.2) is 10.4 Å². The number of hydrogen-bond donors (Lipinski definition) is 0. The second kappa shape index (κ2) is 9.87. The quantitative estimate of drug-likeness (QED) is 0.398. The standard InChI is InChI=1S/C26H28N6OS/c1-20-27-19-23-24(28-20)32(22-11-6-3-7-12-22)26(34)31(25(23)33)14-8-13-29-15-17-30(18-16-29)21-9-4-2-5-10-21/h2-7,9-12,19H,8,13-18H2,1H3. The number of aromatic nitrogens is 4. The van der Waals surface area contributed by atoms with Gasteiger partial charge in [0.2, 0.25) is 0 Å². The van der Waals surface area contributed by atoms with Gasteiger partial charge < -0.3 is 4.90 Å². The van der Waals surface area contributed by atoms with E-state index in [-0.39, 0.29) is 5.56 Å². The average molecular weight is 473 g/mol. The van der Waals surface area contributed by atoms with Crippen LogP contribution in [0.25, 0.3) is 16.7 Å². The Morgan fingerprint density at radius 2 is 1.53 bits per heavy atom. The molecule has 0 N–H and O–H groups in total. The van der Waals surface area contributed by atoms with Crippen molar-refractivity contribution in [2.75, 3.05) is 37.6 Å². The van der Waals surface area contributed by atoms with E-state index in [2.05, 4.69) is 50.1 Å². The molecule has 0 atom stereocenters. The van der Waals surface area contributed by atoms with E-state index in [1.165, 1.54) is 5.69 Å². The number of fused-ring (bicyclic) bond motifs is 1. The SMILES string of the molecule is Cc1ncc2c(=O)n(CCCN3CCN(c4ccccc4)CC3)c(=S)n(-c3ccccc3)c2n1. The molecule has 0 aliphatic carbocycles. The first-order valence-corrected chi connectivity index (χ1v) is 12.1. The Labute approximate surface area is 203 Å². The molecule has 2 aromatic carbocycles. The summed E-state index contributed by atoms with van der Waals surface area (Å²) in [7, 11) is 0. The van der Waals surface area contributed by atoms with Gasteiger partial charge in [0, 0.05) is 50.3 Å². The molecule has 0 bridgehead atoms. The van der Waals surface area contributed by atoms with Crippen LogP contribution in [0.5, 0.6) is 0 Å². The van der Waals surface area contributed by atoms with Gasteiger partial charge in [0.05, 0.1) is 0 Å². The number of benzene rings is 2. The minimum Gasteiger partial charge on any atom is -0.369 e. The minimum atomic E-state index is -0.124. The summed E-state index contributed by atoms with van der Waals surface area (Å²) < 4.78 is 4.05. The third kappa shape index (κ3) is 4.51. The Balaban J connectivity index is 1.34. The second-order valence-electron chi connectivity index (χ2n) is 8.58. The topological polar surface area (TPSA) is 59.2 Å². The number of para-hydroxylation sites is 2. The third-order valence-electron chi connectivity index (χ3n) is 6.36. The van der Waals surface area contributed by atoms with Gasteiger partial charge in [-0.05, 0) is 56.4 Å². The first kappa shape index (κ1) is 22.4. The van der Waals surface area contributed by atoms with Crippen LogP contribution >= 0.6 is 12.2 Å². The summed E-state index contributed by atoms with van der Waals surface area (Å²) in [5.41, 5.74) is 2.60. The summed E-state index contributed by atoms with van der Waals surface area (Å²) in [5, 5.41) is 0.486. The first-order chi connectivity index (χ1) is 16.6. The average Bonchev–Trinajstić information content (AvgIpc) is 2.87. The fourth-order valence-electron chi connectivity index (χ4n) is 4.55. The monoisotopic (exact) mass is 472 g/mol. The van der Waals surface area contributed by atoms with Crippen molar-refractivity contribution in [1.82, 2.24) is 24.0 Å². The number of piperazine rings is 1. The molecule has 5 rings (SSSR count). The molecule has 0 saturated carbocycles. The molecule has 0 spiro atoms. The maximum absolute atomic E-state index is 13.3. The summed E-state index contributed by atoms with van der Waals surface area (Å²) in [5.74, 6) is 0.610. The molecule has 2 aromatic heterocycles. The van der Waals surface area contributed by atoms with Crippen molar-refractivity contribution in [1.29, 1.82) is 0 Å². The second-order valence-corrected chi connectivity index (χ2v) is 8.95. The van der Waals surface area contributed by atoms with Crippen LogP contribution in [0.15, 0.2) is 71.7 Å². The zero-order valence-electron chi connectivity index (χ0n) is 19.3. The molecule has 1 aliphatic heterocycles. The highest BCUT2D eigenvalue weighted by Gasteiger charge is 2.18. The number of anilines is 1. The highest BCUT2D eigenvalue weighted by Crippen LogP contribution is 2.17. The molecule has 174 valence electrons. The minimum absolute atomic E-state index is 0.124. The van der Waals surface area contributed by atoms with Crippen LogP contribution in [-0.4, -0.2) is 56.7 Å². The summed E-state index contributed by atoms with van der Waals surface area (Å²) in [4.78, 5) is 27.0. The maximum atomic E-state index is 13.3. The Hall–Kier alpha value is -3.36. The van der Waals surface area contributed by atoms with Gasteiger partial charge >= 0.3 is 0 Å². The number of nitrogens with zero attached hydrogens (tertiary/aromatic N) is 6. The molecule has 4 aromatic rings. The predicted molar refractivity (Wildman–Crippen MR) is 138 cm³/mol. The molecular formula is C26H28N6OS. The van der Waals surface area contributed by atoms with Gasteiger partial charge in [-0.25, -0.2) is 9.97 Å². The van der Waals surface area contributed by atoms with Gasteiger partial charge in [0.25, 0.3) is 5.56 Å². The molecule has 1 saturated heterocycles. The smallest absolute Gasteiger partial charge is 0.265 e. The normalized spacial score (nSPS) is 14.6. The summed E-state index contributed by atoms with van der Waals surface area (Å²) in [6, 6.07) is 20.4. The van der Waals surface area contributed by atoms with Gasteiger partial charge in [-0.1, -0.05) is 36.4 Å². The van der Waals surface area contributed by atoms with E-state index in [0.717, 1.165) is 44.8 Å². The van der Waals surface area contributed by atoms with Crippen LogP contribution in [0.3, 0.4) is 0 Å². The lowest BCUT2D eigenvalue weighted by Gasteiger charge is -2.36. The highest BCUT2D eigenvalue weighted by atomic mass is 32.1. The molecule has 0 radical (unpaired) electrons. The number of aryl methyl sites for hydroxylation is 1. The Kier molecular flexibility index (Phi) is 6.51.